The van der Waals surface area contributed by atoms with Crippen LogP contribution in [0.2, 0.25) is 0 Å². The Morgan fingerprint density at radius 1 is 1.08 bits per heavy atom. The van der Waals surface area contributed by atoms with Gasteiger partial charge in [-0.1, -0.05) is 24.3 Å². The van der Waals surface area contributed by atoms with Crippen LogP contribution in [0.4, 0.5) is 4.39 Å². The lowest BCUT2D eigenvalue weighted by molar-refractivity contribution is -0.135. The summed E-state index contributed by atoms with van der Waals surface area (Å²) >= 11 is 1.67. The van der Waals surface area contributed by atoms with Gasteiger partial charge < -0.3 is 24.0 Å². The highest BCUT2D eigenvalue weighted by atomic mass is 32.1. The van der Waals surface area contributed by atoms with E-state index in [-0.39, 0.29) is 37.2 Å². The van der Waals surface area contributed by atoms with Gasteiger partial charge in [0.1, 0.15) is 19.0 Å². The normalized spacial score (nSPS) is 14.7. The Morgan fingerprint density at radius 2 is 1.84 bits per heavy atom. The van der Waals surface area contributed by atoms with E-state index in [0.29, 0.717) is 31.1 Å². The summed E-state index contributed by atoms with van der Waals surface area (Å²) in [6.45, 7) is 1.27. The Labute approximate surface area is 220 Å². The Bertz CT molecular complexity index is 1220. The topological polar surface area (TPSA) is 68.3 Å². The summed E-state index contributed by atoms with van der Waals surface area (Å²) in [6.07, 6.45) is 1.26. The van der Waals surface area contributed by atoms with E-state index in [0.717, 1.165) is 12.0 Å². The number of carbonyl (C=O) groups excluding carboxylic acids is 2. The molecular formula is C28H31FN2O5S. The zero-order valence-electron chi connectivity index (χ0n) is 21.0. The first-order valence-electron chi connectivity index (χ1n) is 12.2. The van der Waals surface area contributed by atoms with Crippen LogP contribution in [0.5, 0.6) is 11.5 Å². The van der Waals surface area contributed by atoms with Gasteiger partial charge in [-0.05, 0) is 54.1 Å². The fourth-order valence-corrected chi connectivity index (χ4v) is 5.42. The lowest BCUT2D eigenvalue weighted by atomic mass is 10.00. The molecule has 0 unspecified atom stereocenters. The molecule has 0 fully saturated rings. The maximum Gasteiger partial charge on any atom is 0.257 e. The lowest BCUT2D eigenvalue weighted by Crippen LogP contribution is -2.48. The van der Waals surface area contributed by atoms with Crippen LogP contribution in [-0.2, 0) is 16.0 Å². The lowest BCUT2D eigenvalue weighted by Gasteiger charge is -2.37. The molecule has 37 heavy (non-hydrogen) atoms. The summed E-state index contributed by atoms with van der Waals surface area (Å²) in [4.78, 5) is 31.3. The second-order valence-corrected chi connectivity index (χ2v) is 9.67. The quantitative estimate of drug-likeness (QED) is 0.342. The van der Waals surface area contributed by atoms with Gasteiger partial charge in [0.2, 0.25) is 5.91 Å². The largest absolute Gasteiger partial charge is 0.493 e. The molecule has 0 aliphatic carbocycles. The summed E-state index contributed by atoms with van der Waals surface area (Å²) in [7, 11) is 3.16. The van der Waals surface area contributed by atoms with Crippen molar-refractivity contribution in [3.63, 3.8) is 0 Å². The van der Waals surface area contributed by atoms with Crippen LogP contribution >= 0.6 is 11.3 Å². The van der Waals surface area contributed by atoms with Gasteiger partial charge in [-0.25, -0.2) is 4.39 Å². The van der Waals surface area contributed by atoms with Gasteiger partial charge in [0, 0.05) is 31.7 Å². The first kappa shape index (κ1) is 26.6. The number of benzene rings is 2. The molecule has 2 heterocycles. The number of thiophene rings is 1. The number of fused-ring (bicyclic) bond motifs is 1. The Balaban J connectivity index is 1.54. The van der Waals surface area contributed by atoms with Crippen LogP contribution in [0.1, 0.15) is 33.3 Å². The van der Waals surface area contributed by atoms with E-state index in [1.807, 2.05) is 35.7 Å². The standard InChI is InChI=1S/C28H31FN2O5S/c1-34-16-7-14-30(28(33)20-8-3-4-9-22(20)29)18-27(32)31-15-12-26-21(13-17-37-26)23(31)19-36-25-11-6-5-10-24(25)35-2/h3-6,8-11,13,17,23H,7,12,14-16,18-19H2,1-2H3/t23-/m1/s1. The predicted molar refractivity (Wildman–Crippen MR) is 140 cm³/mol. The van der Waals surface area contributed by atoms with E-state index in [4.69, 9.17) is 14.2 Å². The third-order valence-corrected chi connectivity index (χ3v) is 7.37. The molecule has 1 atom stereocenters. The molecule has 1 aromatic heterocycles. The number of hydrogen-bond acceptors (Lipinski definition) is 6. The summed E-state index contributed by atoms with van der Waals surface area (Å²) in [5.74, 6) is -0.136. The molecule has 1 aliphatic rings. The summed E-state index contributed by atoms with van der Waals surface area (Å²) in [5, 5.41) is 2.02. The number of nitrogens with zero attached hydrogens (tertiary/aromatic N) is 2. The average molecular weight is 527 g/mol. The Kier molecular flexibility index (Phi) is 9.14. The third-order valence-electron chi connectivity index (χ3n) is 6.38. The predicted octanol–water partition coefficient (Wildman–Crippen LogP) is 4.58. The van der Waals surface area contributed by atoms with Crippen molar-refractivity contribution in [2.75, 3.05) is 47.1 Å². The van der Waals surface area contributed by atoms with Crippen molar-refractivity contribution in [2.24, 2.45) is 0 Å². The highest BCUT2D eigenvalue weighted by Gasteiger charge is 2.34. The average Bonchev–Trinajstić information content (AvgIpc) is 3.40. The minimum absolute atomic E-state index is 0.0532. The van der Waals surface area contributed by atoms with E-state index >= 15 is 0 Å². The van der Waals surface area contributed by atoms with E-state index in [1.165, 1.54) is 28.0 Å². The summed E-state index contributed by atoms with van der Waals surface area (Å²) in [6, 6.07) is 14.9. The molecule has 0 N–H and O–H groups in total. The van der Waals surface area contributed by atoms with Crippen LogP contribution in [0.3, 0.4) is 0 Å². The van der Waals surface area contributed by atoms with Crippen LogP contribution in [0.25, 0.3) is 0 Å². The number of halogens is 1. The van der Waals surface area contributed by atoms with Crippen molar-refractivity contribution in [1.82, 2.24) is 9.80 Å². The Hall–Kier alpha value is -3.43. The number of methoxy groups -OCH3 is 2. The second-order valence-electron chi connectivity index (χ2n) is 8.67. The van der Waals surface area contributed by atoms with Gasteiger partial charge >= 0.3 is 0 Å². The highest BCUT2D eigenvalue weighted by Crippen LogP contribution is 2.35. The van der Waals surface area contributed by atoms with Crippen LogP contribution in [0, 0.1) is 5.82 Å². The fourth-order valence-electron chi connectivity index (χ4n) is 4.49. The number of rotatable bonds is 11. The molecule has 4 rings (SSSR count). The minimum atomic E-state index is -0.610. The molecule has 0 radical (unpaired) electrons. The van der Waals surface area contributed by atoms with Crippen molar-refractivity contribution in [2.45, 2.75) is 18.9 Å². The zero-order chi connectivity index (χ0) is 26.2. The fraction of sp³-hybridized carbons (Fsp3) is 0.357. The van der Waals surface area contributed by atoms with Crippen molar-refractivity contribution >= 4 is 23.2 Å². The monoisotopic (exact) mass is 526 g/mol. The molecule has 2 aromatic carbocycles. The second kappa shape index (κ2) is 12.7. The molecule has 0 spiro atoms. The van der Waals surface area contributed by atoms with Crippen molar-refractivity contribution in [1.29, 1.82) is 0 Å². The van der Waals surface area contributed by atoms with E-state index in [1.54, 1.807) is 36.5 Å². The molecule has 0 saturated carbocycles. The SMILES string of the molecule is COCCCN(CC(=O)N1CCc2sccc2[C@H]1COc1ccccc1OC)C(=O)c1ccccc1F. The van der Waals surface area contributed by atoms with E-state index in [9.17, 15) is 14.0 Å². The first-order chi connectivity index (χ1) is 18.0. The minimum Gasteiger partial charge on any atom is -0.493 e. The maximum absolute atomic E-state index is 14.4. The summed E-state index contributed by atoms with van der Waals surface area (Å²) in [5.41, 5.74) is 0.994. The molecule has 9 heteroatoms. The molecule has 0 bridgehead atoms. The number of carbonyl (C=O) groups is 2. The van der Waals surface area contributed by atoms with Crippen molar-refractivity contribution < 1.29 is 28.2 Å². The van der Waals surface area contributed by atoms with Gasteiger partial charge in [-0.15, -0.1) is 11.3 Å². The molecule has 0 saturated heterocycles. The van der Waals surface area contributed by atoms with Gasteiger partial charge in [0.25, 0.3) is 5.91 Å². The van der Waals surface area contributed by atoms with Crippen LogP contribution < -0.4 is 9.47 Å². The highest BCUT2D eigenvalue weighted by molar-refractivity contribution is 7.10. The molecule has 2 amide bonds. The number of hydrogen-bond donors (Lipinski definition) is 0. The number of amides is 2. The van der Waals surface area contributed by atoms with Gasteiger partial charge in [0.15, 0.2) is 11.5 Å². The van der Waals surface area contributed by atoms with Crippen LogP contribution in [-0.4, -0.2) is 68.7 Å². The van der Waals surface area contributed by atoms with E-state index < -0.39 is 11.7 Å². The molecular weight excluding hydrogens is 495 g/mol. The maximum atomic E-state index is 14.4. The first-order valence-corrected chi connectivity index (χ1v) is 13.1. The summed E-state index contributed by atoms with van der Waals surface area (Å²) < 4.78 is 31.1. The number of para-hydroxylation sites is 2. The van der Waals surface area contributed by atoms with Crippen molar-refractivity contribution in [3.8, 4) is 11.5 Å². The van der Waals surface area contributed by atoms with Gasteiger partial charge in [0.05, 0.1) is 18.7 Å². The van der Waals surface area contributed by atoms with Crippen LogP contribution in [0.15, 0.2) is 60.0 Å². The molecule has 1 aliphatic heterocycles. The van der Waals surface area contributed by atoms with Gasteiger partial charge in [-0.3, -0.25) is 9.59 Å². The van der Waals surface area contributed by atoms with Crippen molar-refractivity contribution in [3.05, 3.63) is 81.8 Å². The number of ether oxygens (including phenoxy) is 3. The molecule has 7 nitrogen and oxygen atoms in total. The Morgan fingerprint density at radius 3 is 2.59 bits per heavy atom. The zero-order valence-corrected chi connectivity index (χ0v) is 21.8. The molecule has 3 aromatic rings. The molecule has 196 valence electrons. The van der Waals surface area contributed by atoms with E-state index in [2.05, 4.69) is 0 Å². The van der Waals surface area contributed by atoms with Gasteiger partial charge in [-0.2, -0.15) is 0 Å². The smallest absolute Gasteiger partial charge is 0.257 e. The third kappa shape index (κ3) is 6.29.